The molecule has 1 aromatic heterocycles. The molecule has 1 N–H and O–H groups in total. The van der Waals surface area contributed by atoms with Gasteiger partial charge in [0.1, 0.15) is 0 Å². The SMILES string of the molecule is CC[C@H]1CN2CC[C@H]1C[C@@H]2[C@H](NC(=O)Cc1ccccc1Cl)c1ccnc2ccccc12. The number of hydrogen-bond donors (Lipinski definition) is 1. The van der Waals surface area contributed by atoms with Crippen LogP contribution in [0.25, 0.3) is 10.9 Å². The van der Waals surface area contributed by atoms with E-state index in [0.717, 1.165) is 53.4 Å². The largest absolute Gasteiger partial charge is 0.347 e. The third kappa shape index (κ3) is 4.14. The van der Waals surface area contributed by atoms with Crippen molar-refractivity contribution in [2.75, 3.05) is 13.1 Å². The molecule has 5 heteroatoms. The average molecular weight is 448 g/mol. The first-order valence-electron chi connectivity index (χ1n) is 11.7. The van der Waals surface area contributed by atoms with Crippen LogP contribution in [0.3, 0.4) is 0 Å². The second kappa shape index (κ2) is 9.21. The summed E-state index contributed by atoms with van der Waals surface area (Å²) in [6.07, 6.45) is 5.79. The van der Waals surface area contributed by atoms with E-state index in [-0.39, 0.29) is 18.4 Å². The van der Waals surface area contributed by atoms with E-state index in [4.69, 9.17) is 11.6 Å². The maximum atomic E-state index is 13.2. The fourth-order valence-electron chi connectivity index (χ4n) is 5.80. The molecule has 1 amide bonds. The van der Waals surface area contributed by atoms with Crippen molar-refractivity contribution in [3.05, 3.63) is 76.9 Å². The summed E-state index contributed by atoms with van der Waals surface area (Å²) in [5.41, 5.74) is 2.99. The van der Waals surface area contributed by atoms with E-state index in [1.165, 1.54) is 12.8 Å². The van der Waals surface area contributed by atoms with E-state index in [0.29, 0.717) is 11.1 Å². The van der Waals surface area contributed by atoms with E-state index in [2.05, 4.69) is 40.3 Å². The fraction of sp³-hybridized carbons (Fsp3) is 0.407. The predicted octanol–water partition coefficient (Wildman–Crippen LogP) is 5.41. The number of amides is 1. The third-order valence-electron chi connectivity index (χ3n) is 7.49. The van der Waals surface area contributed by atoms with Gasteiger partial charge in [-0.3, -0.25) is 14.7 Å². The van der Waals surface area contributed by atoms with E-state index in [9.17, 15) is 4.79 Å². The van der Waals surface area contributed by atoms with Crippen LogP contribution in [0, 0.1) is 11.8 Å². The number of nitrogens with one attached hydrogen (secondary N) is 1. The molecular weight excluding hydrogens is 418 g/mol. The van der Waals surface area contributed by atoms with Gasteiger partial charge in [-0.25, -0.2) is 0 Å². The van der Waals surface area contributed by atoms with Gasteiger partial charge in [-0.1, -0.05) is 61.3 Å². The van der Waals surface area contributed by atoms with Crippen LogP contribution in [0.2, 0.25) is 5.02 Å². The molecule has 166 valence electrons. The number of benzene rings is 2. The second-order valence-corrected chi connectivity index (χ2v) is 9.65. The highest BCUT2D eigenvalue weighted by molar-refractivity contribution is 6.31. The average Bonchev–Trinajstić information content (AvgIpc) is 2.84. The monoisotopic (exact) mass is 447 g/mol. The molecule has 3 aliphatic heterocycles. The lowest BCUT2D eigenvalue weighted by molar-refractivity contribution is -0.122. The highest BCUT2D eigenvalue weighted by atomic mass is 35.5. The molecule has 4 nitrogen and oxygen atoms in total. The van der Waals surface area contributed by atoms with Crippen LogP contribution in [0.5, 0.6) is 0 Å². The smallest absolute Gasteiger partial charge is 0.225 e. The minimum atomic E-state index is -0.0708. The Kier molecular flexibility index (Phi) is 6.16. The number of carbonyl (C=O) groups is 1. The fourth-order valence-corrected chi connectivity index (χ4v) is 6.00. The number of fused-ring (bicyclic) bond motifs is 4. The molecule has 3 aliphatic rings. The molecule has 3 fully saturated rings. The van der Waals surface area contributed by atoms with Gasteiger partial charge in [0.05, 0.1) is 18.0 Å². The lowest BCUT2D eigenvalue weighted by Gasteiger charge is -2.52. The van der Waals surface area contributed by atoms with Crippen LogP contribution < -0.4 is 5.32 Å². The molecule has 5 atom stereocenters. The summed E-state index contributed by atoms with van der Waals surface area (Å²) < 4.78 is 0. The summed E-state index contributed by atoms with van der Waals surface area (Å²) in [6.45, 7) is 4.55. The molecule has 2 aromatic carbocycles. The predicted molar refractivity (Wildman–Crippen MR) is 130 cm³/mol. The quantitative estimate of drug-likeness (QED) is 0.549. The molecule has 32 heavy (non-hydrogen) atoms. The Morgan fingerprint density at radius 2 is 2.00 bits per heavy atom. The molecule has 2 bridgehead atoms. The van der Waals surface area contributed by atoms with Crippen molar-refractivity contribution in [2.45, 2.75) is 44.7 Å². The molecule has 6 rings (SSSR count). The van der Waals surface area contributed by atoms with Gasteiger partial charge >= 0.3 is 0 Å². The summed E-state index contributed by atoms with van der Waals surface area (Å²) in [7, 11) is 0. The van der Waals surface area contributed by atoms with Crippen molar-refractivity contribution in [3.8, 4) is 0 Å². The van der Waals surface area contributed by atoms with Gasteiger partial charge in [-0.05, 0) is 60.5 Å². The van der Waals surface area contributed by atoms with Gasteiger partial charge in [-0.2, -0.15) is 0 Å². The lowest BCUT2D eigenvalue weighted by Crippen LogP contribution is -2.57. The number of halogens is 1. The van der Waals surface area contributed by atoms with Crippen molar-refractivity contribution >= 4 is 28.4 Å². The Bertz CT molecular complexity index is 1110. The van der Waals surface area contributed by atoms with Crippen molar-refractivity contribution in [3.63, 3.8) is 0 Å². The maximum absolute atomic E-state index is 13.2. The van der Waals surface area contributed by atoms with Crippen molar-refractivity contribution in [1.29, 1.82) is 0 Å². The number of para-hydroxylation sites is 1. The molecular formula is C27H30ClN3O. The first-order valence-corrected chi connectivity index (χ1v) is 12.1. The summed E-state index contributed by atoms with van der Waals surface area (Å²) in [4.78, 5) is 20.4. The summed E-state index contributed by atoms with van der Waals surface area (Å²) in [6, 6.07) is 18.1. The lowest BCUT2D eigenvalue weighted by atomic mass is 9.72. The van der Waals surface area contributed by atoms with Crippen LogP contribution in [0.15, 0.2) is 60.8 Å². The number of carbonyl (C=O) groups excluding carboxylic acids is 1. The zero-order valence-corrected chi connectivity index (χ0v) is 19.3. The van der Waals surface area contributed by atoms with E-state index >= 15 is 0 Å². The van der Waals surface area contributed by atoms with Gasteiger partial charge < -0.3 is 5.32 Å². The number of nitrogens with zero attached hydrogens (tertiary/aromatic N) is 2. The summed E-state index contributed by atoms with van der Waals surface area (Å²) in [5, 5.41) is 5.18. The third-order valence-corrected chi connectivity index (χ3v) is 7.86. The first-order chi connectivity index (χ1) is 15.6. The summed E-state index contributed by atoms with van der Waals surface area (Å²) >= 11 is 6.34. The van der Waals surface area contributed by atoms with Gasteiger partial charge in [0, 0.05) is 29.2 Å². The van der Waals surface area contributed by atoms with E-state index < -0.39 is 0 Å². The van der Waals surface area contributed by atoms with Crippen LogP contribution in [0.4, 0.5) is 0 Å². The normalized spacial score (nSPS) is 25.6. The Hall–Kier alpha value is -2.43. The van der Waals surface area contributed by atoms with Gasteiger partial charge in [0.25, 0.3) is 0 Å². The molecule has 3 aromatic rings. The highest BCUT2D eigenvalue weighted by Gasteiger charge is 2.43. The number of hydrogen-bond acceptors (Lipinski definition) is 3. The first kappa shape index (κ1) is 21.4. The topological polar surface area (TPSA) is 45.2 Å². The van der Waals surface area contributed by atoms with Crippen LogP contribution in [-0.4, -0.2) is 34.9 Å². The van der Waals surface area contributed by atoms with Gasteiger partial charge in [-0.15, -0.1) is 0 Å². The van der Waals surface area contributed by atoms with E-state index in [1.54, 1.807) is 0 Å². The van der Waals surface area contributed by atoms with Crippen LogP contribution >= 0.6 is 11.6 Å². The Morgan fingerprint density at radius 1 is 1.19 bits per heavy atom. The molecule has 0 radical (unpaired) electrons. The minimum absolute atomic E-state index is 0.0127. The molecule has 1 unspecified atom stereocenters. The molecule has 0 spiro atoms. The summed E-state index contributed by atoms with van der Waals surface area (Å²) in [5.74, 6) is 1.53. The molecule has 0 aliphatic carbocycles. The number of pyridine rings is 1. The van der Waals surface area contributed by atoms with Crippen molar-refractivity contribution in [1.82, 2.24) is 15.2 Å². The zero-order chi connectivity index (χ0) is 22.1. The number of rotatable bonds is 6. The van der Waals surface area contributed by atoms with Gasteiger partial charge in [0.2, 0.25) is 5.91 Å². The molecule has 3 saturated heterocycles. The zero-order valence-electron chi connectivity index (χ0n) is 18.5. The number of piperidine rings is 3. The Balaban J connectivity index is 1.48. The highest BCUT2D eigenvalue weighted by Crippen LogP contribution is 2.42. The maximum Gasteiger partial charge on any atom is 0.225 e. The Labute approximate surface area is 195 Å². The van der Waals surface area contributed by atoms with Crippen LogP contribution in [0.1, 0.15) is 43.4 Å². The Morgan fingerprint density at radius 3 is 2.78 bits per heavy atom. The molecule has 0 saturated carbocycles. The minimum Gasteiger partial charge on any atom is -0.347 e. The van der Waals surface area contributed by atoms with Crippen molar-refractivity contribution < 1.29 is 4.79 Å². The standard InChI is InChI=1S/C27H30ClN3O/c1-2-18-17-31-14-12-19(18)15-25(31)27(22-11-13-29-24-10-6-4-8-21(22)24)30-26(32)16-20-7-3-5-9-23(20)28/h3-11,13,18-19,25,27H,2,12,14-17H2,1H3,(H,30,32)/t18-,19-,25+,27+/m0/s1. The molecule has 4 heterocycles. The van der Waals surface area contributed by atoms with Crippen molar-refractivity contribution in [2.24, 2.45) is 11.8 Å². The van der Waals surface area contributed by atoms with Gasteiger partial charge in [0.15, 0.2) is 0 Å². The second-order valence-electron chi connectivity index (χ2n) is 9.25. The number of aromatic nitrogens is 1. The van der Waals surface area contributed by atoms with E-state index in [1.807, 2.05) is 42.6 Å². The van der Waals surface area contributed by atoms with Crippen LogP contribution in [-0.2, 0) is 11.2 Å².